The van der Waals surface area contributed by atoms with Crippen molar-refractivity contribution in [1.82, 2.24) is 39.4 Å². The zero-order valence-electron chi connectivity index (χ0n) is 38.9. The first-order valence-corrected chi connectivity index (χ1v) is 26.4. The number of rotatable bonds is 18. The van der Waals surface area contributed by atoms with Gasteiger partial charge in [0.15, 0.2) is 5.78 Å². The van der Waals surface area contributed by atoms with E-state index in [1.807, 2.05) is 20.6 Å². The van der Waals surface area contributed by atoms with Gasteiger partial charge in [-0.2, -0.15) is 0 Å². The molecule has 0 radical (unpaired) electrons. The van der Waals surface area contributed by atoms with E-state index in [1.54, 1.807) is 46.9 Å². The van der Waals surface area contributed by atoms with Crippen LogP contribution in [0.4, 0.5) is 8.78 Å². The van der Waals surface area contributed by atoms with Gasteiger partial charge in [-0.3, -0.25) is 34.0 Å². The number of piperazine rings is 2. The Balaban J connectivity index is 0.933. The standard InChI is InChI=1S/C51H68F2N8O3S2/c1-3-5-19-56-25-29-60(30-26-56)50(63)43-35-65-48(54-43)39-15-21-58(22-16-39)45(33-37-7-11-41(52)12-8-37)47(62)46(34-38-9-13-42(53)14-10-38)59-23-17-40(18-24-59)49-55-44(36-66-49)51(64)61-31-27-57(28-32-61)20-6-4-2/h7-14,35-36,39-40,45-46H,3-6,15-34H2,1-2H3. The van der Waals surface area contributed by atoms with Gasteiger partial charge in [0.05, 0.1) is 22.1 Å². The lowest BCUT2D eigenvalue weighted by Crippen LogP contribution is -2.55. The fourth-order valence-corrected chi connectivity index (χ4v) is 12.2. The van der Waals surface area contributed by atoms with E-state index in [2.05, 4.69) is 33.4 Å². The molecule has 4 saturated heterocycles. The van der Waals surface area contributed by atoms with Crippen LogP contribution in [-0.2, 0) is 17.6 Å². The Hall–Kier alpha value is -3.99. The average Bonchev–Trinajstić information content (AvgIpc) is 4.07. The molecule has 0 bridgehead atoms. The largest absolute Gasteiger partial charge is 0.335 e. The predicted molar refractivity (Wildman–Crippen MR) is 259 cm³/mol. The number of hydrogen-bond acceptors (Lipinski definition) is 11. The van der Waals surface area contributed by atoms with Gasteiger partial charge in [0.1, 0.15) is 23.0 Å². The van der Waals surface area contributed by atoms with Crippen molar-refractivity contribution < 1.29 is 23.2 Å². The van der Waals surface area contributed by atoms with Gasteiger partial charge in [-0.1, -0.05) is 51.0 Å². The molecule has 356 valence electrons. The Morgan fingerprint density at radius 1 is 0.561 bits per heavy atom. The highest BCUT2D eigenvalue weighted by molar-refractivity contribution is 7.10. The molecule has 11 nitrogen and oxygen atoms in total. The van der Waals surface area contributed by atoms with Crippen molar-refractivity contribution in [3.05, 3.63) is 103 Å². The third kappa shape index (κ3) is 12.4. The van der Waals surface area contributed by atoms with E-state index in [0.717, 1.165) is 112 Å². The van der Waals surface area contributed by atoms with Crippen LogP contribution in [0, 0.1) is 11.6 Å². The third-order valence-corrected chi connectivity index (χ3v) is 16.5. The number of thiazole rings is 2. The Kier molecular flexibility index (Phi) is 17.1. The normalized spacial score (nSPS) is 19.9. The van der Waals surface area contributed by atoms with Gasteiger partial charge in [-0.25, -0.2) is 18.7 Å². The maximum Gasteiger partial charge on any atom is 0.273 e. The van der Waals surface area contributed by atoms with Crippen LogP contribution in [-0.4, -0.2) is 161 Å². The highest BCUT2D eigenvalue weighted by Gasteiger charge is 2.39. The smallest absolute Gasteiger partial charge is 0.273 e. The molecule has 6 heterocycles. The molecule has 2 unspecified atom stereocenters. The van der Waals surface area contributed by atoms with Crippen LogP contribution in [0.25, 0.3) is 0 Å². The van der Waals surface area contributed by atoms with E-state index in [4.69, 9.17) is 9.97 Å². The summed E-state index contributed by atoms with van der Waals surface area (Å²) in [7, 11) is 0. The number of nitrogens with zero attached hydrogens (tertiary/aromatic N) is 8. The van der Waals surface area contributed by atoms with Gasteiger partial charge < -0.3 is 9.80 Å². The molecule has 2 atom stereocenters. The number of ketones is 1. The number of piperidine rings is 2. The molecule has 2 aromatic heterocycles. The Labute approximate surface area is 398 Å². The molecule has 4 fully saturated rings. The van der Waals surface area contributed by atoms with Crippen molar-refractivity contribution >= 4 is 40.3 Å². The average molecular weight is 943 g/mol. The number of halogens is 2. The van der Waals surface area contributed by atoms with Gasteiger partial charge in [-0.15, -0.1) is 22.7 Å². The Morgan fingerprint density at radius 2 is 0.924 bits per heavy atom. The first-order chi connectivity index (χ1) is 32.1. The highest BCUT2D eigenvalue weighted by atomic mass is 32.1. The number of Topliss-reactive ketones (excluding diaryl/α,β-unsaturated/α-hetero) is 1. The van der Waals surface area contributed by atoms with Crippen LogP contribution in [0.3, 0.4) is 0 Å². The van der Waals surface area contributed by atoms with Crippen molar-refractivity contribution in [2.24, 2.45) is 0 Å². The molecule has 66 heavy (non-hydrogen) atoms. The summed E-state index contributed by atoms with van der Waals surface area (Å²) in [6.07, 6.45) is 8.84. The molecular formula is C51H68F2N8O3S2. The fourth-order valence-electron chi connectivity index (χ4n) is 10.2. The van der Waals surface area contributed by atoms with Gasteiger partial charge in [0.2, 0.25) is 0 Å². The van der Waals surface area contributed by atoms with Crippen LogP contribution in [0.5, 0.6) is 0 Å². The summed E-state index contributed by atoms with van der Waals surface area (Å²) in [5.74, 6) is -0.0948. The van der Waals surface area contributed by atoms with E-state index in [-0.39, 0.29) is 41.1 Å². The molecule has 2 aromatic carbocycles. The zero-order valence-corrected chi connectivity index (χ0v) is 40.6. The van der Waals surface area contributed by atoms with E-state index in [1.165, 1.54) is 49.9 Å². The third-order valence-electron chi connectivity index (χ3n) is 14.4. The number of unbranched alkanes of at least 4 members (excludes halogenated alkanes) is 2. The molecule has 8 rings (SSSR count). The first kappa shape index (κ1) is 48.5. The minimum absolute atomic E-state index is 0.0139. The van der Waals surface area contributed by atoms with Crippen molar-refractivity contribution in [2.75, 3.05) is 91.6 Å². The summed E-state index contributed by atoms with van der Waals surface area (Å²) in [6.45, 7) is 15.8. The molecule has 4 aromatic rings. The summed E-state index contributed by atoms with van der Waals surface area (Å²) in [6, 6.07) is 12.1. The summed E-state index contributed by atoms with van der Waals surface area (Å²) in [5, 5.41) is 5.80. The molecule has 0 N–H and O–H groups in total. The Bertz CT molecular complexity index is 2020. The van der Waals surface area contributed by atoms with Crippen LogP contribution >= 0.6 is 22.7 Å². The fraction of sp³-hybridized carbons (Fsp3) is 0.588. The van der Waals surface area contributed by atoms with Crippen molar-refractivity contribution in [2.45, 2.75) is 102 Å². The lowest BCUT2D eigenvalue weighted by Gasteiger charge is -2.41. The van der Waals surface area contributed by atoms with E-state index >= 15 is 4.79 Å². The topological polar surface area (TPSA) is 96.4 Å². The molecule has 0 saturated carbocycles. The molecule has 15 heteroatoms. The molecule has 4 aliphatic heterocycles. The molecular weight excluding hydrogens is 875 g/mol. The summed E-state index contributed by atoms with van der Waals surface area (Å²) in [4.78, 5) is 65.6. The number of hydrogen-bond donors (Lipinski definition) is 0. The number of aromatic nitrogens is 2. The molecule has 2 amide bonds. The van der Waals surface area contributed by atoms with E-state index in [0.29, 0.717) is 50.4 Å². The number of carbonyl (C=O) groups is 3. The summed E-state index contributed by atoms with van der Waals surface area (Å²) in [5.41, 5.74) is 2.87. The monoisotopic (exact) mass is 942 g/mol. The van der Waals surface area contributed by atoms with E-state index in [9.17, 15) is 18.4 Å². The number of likely N-dealkylation sites (tertiary alicyclic amines) is 2. The quantitative estimate of drug-likeness (QED) is 0.0990. The maximum absolute atomic E-state index is 15.3. The maximum atomic E-state index is 15.3. The minimum Gasteiger partial charge on any atom is -0.335 e. The number of amides is 2. The number of benzene rings is 2. The van der Waals surface area contributed by atoms with Crippen LogP contribution in [0.15, 0.2) is 59.3 Å². The summed E-state index contributed by atoms with van der Waals surface area (Å²) < 4.78 is 28.3. The SMILES string of the molecule is CCCCN1CCN(C(=O)c2csc(C3CCN(C(Cc4ccc(F)cc4)C(=O)C(Cc4ccc(F)cc4)N4CCC(c5nc(C(=O)N6CCN(CCCC)CC6)cs5)CC4)CC3)n2)CC1. The van der Waals surface area contributed by atoms with Gasteiger partial charge in [-0.05, 0) is 126 Å². The van der Waals surface area contributed by atoms with Crippen molar-refractivity contribution in [3.8, 4) is 0 Å². The van der Waals surface area contributed by atoms with Crippen LogP contribution < -0.4 is 0 Å². The van der Waals surface area contributed by atoms with Gasteiger partial charge in [0, 0.05) is 75.0 Å². The van der Waals surface area contributed by atoms with E-state index < -0.39 is 12.1 Å². The lowest BCUT2D eigenvalue weighted by atomic mass is 9.87. The predicted octanol–water partition coefficient (Wildman–Crippen LogP) is 7.84. The highest BCUT2D eigenvalue weighted by Crippen LogP contribution is 2.35. The summed E-state index contributed by atoms with van der Waals surface area (Å²) >= 11 is 3.14. The van der Waals surface area contributed by atoms with Crippen LogP contribution in [0.1, 0.15) is 119 Å². The van der Waals surface area contributed by atoms with Gasteiger partial charge >= 0.3 is 0 Å². The molecule has 0 aliphatic carbocycles. The second-order valence-corrected chi connectivity index (χ2v) is 20.6. The minimum atomic E-state index is -0.454. The number of carbonyl (C=O) groups excluding carboxylic acids is 3. The van der Waals surface area contributed by atoms with Gasteiger partial charge in [0.25, 0.3) is 11.8 Å². The second kappa shape index (κ2) is 23.3. The van der Waals surface area contributed by atoms with Crippen molar-refractivity contribution in [3.63, 3.8) is 0 Å². The lowest BCUT2D eigenvalue weighted by molar-refractivity contribution is -0.130. The first-order valence-electron chi connectivity index (χ1n) is 24.6. The Morgan fingerprint density at radius 3 is 1.27 bits per heavy atom. The molecule has 4 aliphatic rings. The second-order valence-electron chi connectivity index (χ2n) is 18.8. The molecule has 0 spiro atoms. The van der Waals surface area contributed by atoms with Crippen molar-refractivity contribution in [1.29, 1.82) is 0 Å². The zero-order chi connectivity index (χ0) is 46.0. The van der Waals surface area contributed by atoms with Crippen LogP contribution in [0.2, 0.25) is 0 Å².